The number of rotatable bonds is 4. The molecule has 4 atom stereocenters. The second kappa shape index (κ2) is 5.92. The first-order valence-electron chi connectivity index (χ1n) is 7.51. The van der Waals surface area contributed by atoms with Gasteiger partial charge in [0.25, 0.3) is 5.69 Å². The minimum atomic E-state index is -0.499. The highest BCUT2D eigenvalue weighted by Gasteiger charge is 2.47. The molecule has 3 N–H and O–H groups in total. The fraction of sp³-hybridized carbons (Fsp3) is 0.533. The maximum atomic E-state index is 12.1. The summed E-state index contributed by atoms with van der Waals surface area (Å²) in [6.07, 6.45) is 3.27. The van der Waals surface area contributed by atoms with Crippen molar-refractivity contribution in [1.82, 2.24) is 5.32 Å². The molecule has 2 aliphatic rings. The smallest absolute Gasteiger partial charge is 0.319 e. The number of carbonyl (C=O) groups is 1. The van der Waals surface area contributed by atoms with Crippen LogP contribution in [0.4, 0.5) is 16.2 Å². The molecule has 1 aromatic rings. The maximum Gasteiger partial charge on any atom is 0.319 e. The van der Waals surface area contributed by atoms with Crippen LogP contribution in [0.25, 0.3) is 0 Å². The predicted molar refractivity (Wildman–Crippen MR) is 80.4 cm³/mol. The maximum absolute atomic E-state index is 12.1. The van der Waals surface area contributed by atoms with Crippen molar-refractivity contribution in [2.75, 3.05) is 11.9 Å². The Morgan fingerprint density at radius 3 is 2.86 bits per heavy atom. The normalized spacial score (nSPS) is 29.3. The summed E-state index contributed by atoms with van der Waals surface area (Å²) in [4.78, 5) is 22.4. The summed E-state index contributed by atoms with van der Waals surface area (Å²) in [6, 6.07) is 5.45. The summed E-state index contributed by atoms with van der Waals surface area (Å²) in [5.74, 6) is 1.05. The SMILES string of the molecule is O=C(Nc1cccc([N+](=O)[O-])c1)N[C@H]1[C@H]2CC[C@@H](C2)[C@@H]1CO. The fourth-order valence-corrected chi connectivity index (χ4v) is 3.91. The van der Waals surface area contributed by atoms with Crippen molar-refractivity contribution < 1.29 is 14.8 Å². The van der Waals surface area contributed by atoms with Gasteiger partial charge in [0.2, 0.25) is 0 Å². The van der Waals surface area contributed by atoms with Crippen molar-refractivity contribution in [2.24, 2.45) is 17.8 Å². The third-order valence-electron chi connectivity index (χ3n) is 4.91. The number of nitrogens with zero attached hydrogens (tertiary/aromatic N) is 1. The molecule has 22 heavy (non-hydrogen) atoms. The van der Waals surface area contributed by atoms with E-state index in [1.165, 1.54) is 18.2 Å². The van der Waals surface area contributed by atoms with E-state index in [-0.39, 0.29) is 30.3 Å². The molecule has 118 valence electrons. The van der Waals surface area contributed by atoms with E-state index in [0.717, 1.165) is 19.3 Å². The summed E-state index contributed by atoms with van der Waals surface area (Å²) < 4.78 is 0. The average Bonchev–Trinajstić information content (AvgIpc) is 3.08. The molecule has 7 nitrogen and oxygen atoms in total. The molecular weight excluding hydrogens is 286 g/mol. The van der Waals surface area contributed by atoms with Crippen LogP contribution in [-0.4, -0.2) is 28.7 Å². The van der Waals surface area contributed by atoms with Gasteiger partial charge < -0.3 is 15.7 Å². The van der Waals surface area contributed by atoms with E-state index >= 15 is 0 Å². The molecule has 0 aliphatic heterocycles. The lowest BCUT2D eigenvalue weighted by Gasteiger charge is -2.30. The van der Waals surface area contributed by atoms with Gasteiger partial charge in [0.15, 0.2) is 0 Å². The molecule has 7 heteroatoms. The lowest BCUT2D eigenvalue weighted by Crippen LogP contribution is -2.46. The van der Waals surface area contributed by atoms with E-state index in [2.05, 4.69) is 10.6 Å². The molecule has 0 aromatic heterocycles. The highest BCUT2D eigenvalue weighted by Crippen LogP contribution is 2.48. The van der Waals surface area contributed by atoms with Crippen molar-refractivity contribution in [3.05, 3.63) is 34.4 Å². The monoisotopic (exact) mass is 305 g/mol. The van der Waals surface area contributed by atoms with Gasteiger partial charge in [-0.05, 0) is 37.2 Å². The molecule has 0 spiro atoms. The zero-order valence-electron chi connectivity index (χ0n) is 12.1. The topological polar surface area (TPSA) is 104 Å². The van der Waals surface area contributed by atoms with E-state index in [0.29, 0.717) is 17.5 Å². The molecule has 2 aliphatic carbocycles. The fourth-order valence-electron chi connectivity index (χ4n) is 3.91. The highest BCUT2D eigenvalue weighted by atomic mass is 16.6. The zero-order valence-corrected chi connectivity index (χ0v) is 12.1. The molecular formula is C15H19N3O4. The largest absolute Gasteiger partial charge is 0.396 e. The minimum Gasteiger partial charge on any atom is -0.396 e. The summed E-state index contributed by atoms with van der Waals surface area (Å²) in [5, 5.41) is 25.8. The lowest BCUT2D eigenvalue weighted by atomic mass is 9.85. The molecule has 2 amide bonds. The molecule has 2 fully saturated rings. The first kappa shape index (κ1) is 14.8. The average molecular weight is 305 g/mol. The number of carbonyl (C=O) groups excluding carboxylic acids is 1. The van der Waals surface area contributed by atoms with Crippen molar-refractivity contribution in [3.8, 4) is 0 Å². The Bertz CT molecular complexity index is 592. The van der Waals surface area contributed by atoms with Crippen LogP contribution in [0.5, 0.6) is 0 Å². The van der Waals surface area contributed by atoms with E-state index in [1.807, 2.05) is 0 Å². The molecule has 3 rings (SSSR count). The molecule has 2 saturated carbocycles. The van der Waals surface area contributed by atoms with E-state index in [4.69, 9.17) is 0 Å². The zero-order chi connectivity index (χ0) is 15.7. The number of aliphatic hydroxyl groups is 1. The van der Waals surface area contributed by atoms with Gasteiger partial charge in [-0.15, -0.1) is 0 Å². The molecule has 2 bridgehead atoms. The number of aliphatic hydroxyl groups excluding tert-OH is 1. The number of benzene rings is 1. The van der Waals surface area contributed by atoms with E-state index in [1.54, 1.807) is 6.07 Å². The number of anilines is 1. The van der Waals surface area contributed by atoms with Crippen LogP contribution in [-0.2, 0) is 0 Å². The Labute approximate surface area is 127 Å². The second-order valence-electron chi connectivity index (χ2n) is 6.11. The van der Waals surface area contributed by atoms with Crippen LogP contribution in [0.1, 0.15) is 19.3 Å². The Morgan fingerprint density at radius 2 is 2.14 bits per heavy atom. The number of urea groups is 1. The van der Waals surface area contributed by atoms with Crippen LogP contribution in [0.15, 0.2) is 24.3 Å². The number of nitro benzene ring substituents is 1. The van der Waals surface area contributed by atoms with Crippen LogP contribution in [0.2, 0.25) is 0 Å². The second-order valence-corrected chi connectivity index (χ2v) is 6.11. The number of amides is 2. The Kier molecular flexibility index (Phi) is 3.98. The molecule has 0 saturated heterocycles. The van der Waals surface area contributed by atoms with Crippen molar-refractivity contribution in [3.63, 3.8) is 0 Å². The summed E-state index contributed by atoms with van der Waals surface area (Å²) >= 11 is 0. The van der Waals surface area contributed by atoms with E-state index in [9.17, 15) is 20.0 Å². The number of nitrogens with one attached hydrogen (secondary N) is 2. The number of hydrogen-bond donors (Lipinski definition) is 3. The standard InChI is InChI=1S/C15H19N3O4/c19-8-13-9-4-5-10(6-9)14(13)17-15(20)16-11-2-1-3-12(7-11)18(21)22/h1-3,7,9-10,13-14,19H,4-6,8H2,(H2,16,17,20)/t9-,10-,13-,14-/m0/s1. The van der Waals surface area contributed by atoms with Gasteiger partial charge in [0.1, 0.15) is 0 Å². The summed E-state index contributed by atoms with van der Waals surface area (Å²) in [5.41, 5.74) is 0.321. The Balaban J connectivity index is 1.63. The number of fused-ring (bicyclic) bond motifs is 2. The van der Waals surface area contributed by atoms with Gasteiger partial charge in [0, 0.05) is 36.4 Å². The van der Waals surface area contributed by atoms with Crippen LogP contribution < -0.4 is 10.6 Å². The van der Waals surface area contributed by atoms with Crippen molar-refractivity contribution >= 4 is 17.4 Å². The number of nitro groups is 1. The van der Waals surface area contributed by atoms with Crippen molar-refractivity contribution in [2.45, 2.75) is 25.3 Å². The first-order chi connectivity index (χ1) is 10.6. The van der Waals surface area contributed by atoms with E-state index < -0.39 is 4.92 Å². The lowest BCUT2D eigenvalue weighted by molar-refractivity contribution is -0.384. The van der Waals surface area contributed by atoms with Crippen LogP contribution in [0, 0.1) is 27.9 Å². The van der Waals surface area contributed by atoms with Crippen molar-refractivity contribution in [1.29, 1.82) is 0 Å². The van der Waals surface area contributed by atoms with Gasteiger partial charge in [-0.1, -0.05) is 6.07 Å². The van der Waals surface area contributed by atoms with Crippen LogP contribution >= 0.6 is 0 Å². The summed E-state index contributed by atoms with van der Waals surface area (Å²) in [6.45, 7) is 0.0862. The molecule has 0 heterocycles. The Hall–Kier alpha value is -2.15. The van der Waals surface area contributed by atoms with Gasteiger partial charge in [0.05, 0.1) is 4.92 Å². The third kappa shape index (κ3) is 2.76. The number of hydrogen-bond acceptors (Lipinski definition) is 4. The quantitative estimate of drug-likeness (QED) is 0.585. The summed E-state index contributed by atoms with van der Waals surface area (Å²) in [7, 11) is 0. The third-order valence-corrected chi connectivity index (χ3v) is 4.91. The molecule has 0 unspecified atom stereocenters. The van der Waals surface area contributed by atoms with Gasteiger partial charge in [-0.3, -0.25) is 10.1 Å². The van der Waals surface area contributed by atoms with Crippen LogP contribution in [0.3, 0.4) is 0 Å². The molecule has 1 aromatic carbocycles. The van der Waals surface area contributed by atoms with Gasteiger partial charge >= 0.3 is 6.03 Å². The highest BCUT2D eigenvalue weighted by molar-refractivity contribution is 5.89. The number of non-ortho nitro benzene ring substituents is 1. The van der Waals surface area contributed by atoms with Gasteiger partial charge in [-0.2, -0.15) is 0 Å². The first-order valence-corrected chi connectivity index (χ1v) is 7.51. The minimum absolute atomic E-state index is 0.0116. The molecule has 0 radical (unpaired) electrons. The predicted octanol–water partition coefficient (Wildman–Crippen LogP) is 2.12. The Morgan fingerprint density at radius 1 is 1.36 bits per heavy atom. The van der Waals surface area contributed by atoms with Gasteiger partial charge in [-0.25, -0.2) is 4.79 Å².